The molecule has 2 aromatic heterocycles. The van der Waals surface area contributed by atoms with Gasteiger partial charge in [-0.3, -0.25) is 5.10 Å². The molecule has 2 aromatic rings. The summed E-state index contributed by atoms with van der Waals surface area (Å²) in [6, 6.07) is 5.35. The van der Waals surface area contributed by atoms with Crippen molar-refractivity contribution >= 4 is 17.4 Å². The standard InChI is InChI=1S/C13H13ClN6O/c14-9-2-4-12(19-10(9)5-15)16-6-8-1-3-11(21-8)13-17-7-18-20-13/h2,4,7-8,11H,1,3,6H2,(H,16,19)(H,17,18,20)/t8-,11+/m1/s1. The third-order valence-electron chi connectivity index (χ3n) is 3.31. The van der Waals surface area contributed by atoms with Crippen molar-refractivity contribution in [2.45, 2.75) is 25.0 Å². The Bertz CT molecular complexity index is 653. The van der Waals surface area contributed by atoms with E-state index >= 15 is 0 Å². The third-order valence-corrected chi connectivity index (χ3v) is 3.61. The average molecular weight is 305 g/mol. The average Bonchev–Trinajstić information content (AvgIpc) is 3.17. The van der Waals surface area contributed by atoms with Crippen LogP contribution in [0.2, 0.25) is 5.02 Å². The molecule has 7 nitrogen and oxygen atoms in total. The number of hydrogen-bond donors (Lipinski definition) is 2. The Kier molecular flexibility index (Phi) is 3.99. The van der Waals surface area contributed by atoms with Crippen LogP contribution in [0.1, 0.15) is 30.5 Å². The van der Waals surface area contributed by atoms with E-state index in [2.05, 4.69) is 25.5 Å². The predicted octanol–water partition coefficient (Wildman–Crippen LogP) is 2.06. The number of anilines is 1. The molecular formula is C13H13ClN6O. The van der Waals surface area contributed by atoms with Gasteiger partial charge in [0.25, 0.3) is 0 Å². The summed E-state index contributed by atoms with van der Waals surface area (Å²) in [7, 11) is 0. The maximum atomic E-state index is 8.90. The highest BCUT2D eigenvalue weighted by atomic mass is 35.5. The van der Waals surface area contributed by atoms with E-state index in [4.69, 9.17) is 21.6 Å². The molecule has 21 heavy (non-hydrogen) atoms. The van der Waals surface area contributed by atoms with Gasteiger partial charge in [0.05, 0.1) is 11.1 Å². The molecule has 0 unspecified atom stereocenters. The Balaban J connectivity index is 1.56. The Morgan fingerprint density at radius 1 is 1.48 bits per heavy atom. The highest BCUT2D eigenvalue weighted by Crippen LogP contribution is 2.30. The lowest BCUT2D eigenvalue weighted by Gasteiger charge is -2.13. The van der Waals surface area contributed by atoms with Gasteiger partial charge in [-0.15, -0.1) is 0 Å². The lowest BCUT2D eigenvalue weighted by Crippen LogP contribution is -2.19. The number of rotatable bonds is 4. The second-order valence-corrected chi connectivity index (χ2v) is 5.12. The van der Waals surface area contributed by atoms with Crippen LogP contribution in [-0.4, -0.2) is 32.8 Å². The normalized spacial score (nSPS) is 21.1. The fraction of sp³-hybridized carbons (Fsp3) is 0.385. The Morgan fingerprint density at radius 3 is 3.14 bits per heavy atom. The molecule has 0 radical (unpaired) electrons. The number of nitrogens with zero attached hydrogens (tertiary/aromatic N) is 4. The highest BCUT2D eigenvalue weighted by Gasteiger charge is 2.28. The van der Waals surface area contributed by atoms with Gasteiger partial charge in [0.1, 0.15) is 24.3 Å². The maximum Gasteiger partial charge on any atom is 0.161 e. The van der Waals surface area contributed by atoms with E-state index in [1.807, 2.05) is 6.07 Å². The van der Waals surface area contributed by atoms with Gasteiger partial charge in [-0.25, -0.2) is 9.97 Å². The molecule has 0 spiro atoms. The largest absolute Gasteiger partial charge is 0.367 e. The maximum absolute atomic E-state index is 8.90. The molecule has 0 amide bonds. The lowest BCUT2D eigenvalue weighted by molar-refractivity contribution is 0.0472. The number of aromatic amines is 1. The van der Waals surface area contributed by atoms with Gasteiger partial charge < -0.3 is 10.1 Å². The van der Waals surface area contributed by atoms with Crippen molar-refractivity contribution in [3.63, 3.8) is 0 Å². The molecule has 1 aliphatic heterocycles. The second-order valence-electron chi connectivity index (χ2n) is 4.71. The van der Waals surface area contributed by atoms with Crippen LogP contribution in [0.5, 0.6) is 0 Å². The molecule has 1 fully saturated rings. The first-order valence-electron chi connectivity index (χ1n) is 6.57. The summed E-state index contributed by atoms with van der Waals surface area (Å²) >= 11 is 5.85. The molecular weight excluding hydrogens is 292 g/mol. The Morgan fingerprint density at radius 2 is 2.38 bits per heavy atom. The molecule has 0 saturated carbocycles. The van der Waals surface area contributed by atoms with Gasteiger partial charge >= 0.3 is 0 Å². The molecule has 3 heterocycles. The fourth-order valence-corrected chi connectivity index (χ4v) is 2.41. The molecule has 0 bridgehead atoms. The summed E-state index contributed by atoms with van der Waals surface area (Å²) in [5.41, 5.74) is 0.216. The lowest BCUT2D eigenvalue weighted by atomic mass is 10.2. The number of aromatic nitrogens is 4. The van der Waals surface area contributed by atoms with Crippen LogP contribution < -0.4 is 5.32 Å². The quantitative estimate of drug-likeness (QED) is 0.897. The first-order valence-corrected chi connectivity index (χ1v) is 6.95. The SMILES string of the molecule is N#Cc1nc(NC[C@H]2CC[C@@H](c3ncn[nH]3)O2)ccc1Cl. The number of hydrogen-bond acceptors (Lipinski definition) is 6. The number of pyridine rings is 1. The monoisotopic (exact) mass is 304 g/mol. The van der Waals surface area contributed by atoms with Crippen molar-refractivity contribution < 1.29 is 4.74 Å². The first kappa shape index (κ1) is 13.8. The smallest absolute Gasteiger partial charge is 0.161 e. The van der Waals surface area contributed by atoms with E-state index in [9.17, 15) is 0 Å². The molecule has 1 aliphatic rings. The van der Waals surface area contributed by atoms with Crippen LogP contribution >= 0.6 is 11.6 Å². The molecule has 0 aliphatic carbocycles. The van der Waals surface area contributed by atoms with E-state index < -0.39 is 0 Å². The molecule has 0 aromatic carbocycles. The van der Waals surface area contributed by atoms with Crippen molar-refractivity contribution in [3.05, 3.63) is 35.0 Å². The van der Waals surface area contributed by atoms with Crippen LogP contribution in [0.3, 0.4) is 0 Å². The Hall–Kier alpha value is -2.17. The topological polar surface area (TPSA) is 99.5 Å². The number of nitriles is 1. The minimum absolute atomic E-state index is 0.0350. The second kappa shape index (κ2) is 6.08. The van der Waals surface area contributed by atoms with Crippen molar-refractivity contribution in [1.82, 2.24) is 20.2 Å². The van der Waals surface area contributed by atoms with Crippen molar-refractivity contribution in [1.29, 1.82) is 5.26 Å². The molecule has 8 heteroatoms. The van der Waals surface area contributed by atoms with E-state index in [0.717, 1.165) is 18.7 Å². The highest BCUT2D eigenvalue weighted by molar-refractivity contribution is 6.31. The molecule has 108 valence electrons. The van der Waals surface area contributed by atoms with Gasteiger partial charge in [-0.1, -0.05) is 11.6 Å². The Labute approximate surface area is 126 Å². The van der Waals surface area contributed by atoms with Crippen LogP contribution in [0.15, 0.2) is 18.5 Å². The summed E-state index contributed by atoms with van der Waals surface area (Å²) in [6.45, 7) is 0.615. The summed E-state index contributed by atoms with van der Waals surface area (Å²) < 4.78 is 5.89. The van der Waals surface area contributed by atoms with Crippen LogP contribution in [0.4, 0.5) is 5.82 Å². The summed E-state index contributed by atoms with van der Waals surface area (Å²) in [6.07, 6.45) is 3.34. The third kappa shape index (κ3) is 3.12. The molecule has 1 saturated heterocycles. The first-order chi connectivity index (χ1) is 10.3. The minimum Gasteiger partial charge on any atom is -0.367 e. The van der Waals surface area contributed by atoms with Gasteiger partial charge in [0, 0.05) is 6.54 Å². The summed E-state index contributed by atoms with van der Waals surface area (Å²) in [4.78, 5) is 8.24. The zero-order valence-corrected chi connectivity index (χ0v) is 11.8. The van der Waals surface area contributed by atoms with Crippen LogP contribution in [0.25, 0.3) is 0 Å². The van der Waals surface area contributed by atoms with Gasteiger partial charge in [0.15, 0.2) is 11.5 Å². The number of ether oxygens (including phenoxy) is 1. The number of halogens is 1. The van der Waals surface area contributed by atoms with E-state index in [0.29, 0.717) is 17.4 Å². The fourth-order valence-electron chi connectivity index (χ4n) is 2.26. The van der Waals surface area contributed by atoms with Crippen LogP contribution in [0, 0.1) is 11.3 Å². The van der Waals surface area contributed by atoms with Gasteiger partial charge in [0.2, 0.25) is 0 Å². The van der Waals surface area contributed by atoms with E-state index in [1.54, 1.807) is 12.1 Å². The zero-order chi connectivity index (χ0) is 14.7. The summed E-state index contributed by atoms with van der Waals surface area (Å²) in [5.74, 6) is 1.37. The van der Waals surface area contributed by atoms with E-state index in [-0.39, 0.29) is 17.9 Å². The van der Waals surface area contributed by atoms with Crippen molar-refractivity contribution in [2.24, 2.45) is 0 Å². The zero-order valence-electron chi connectivity index (χ0n) is 11.1. The molecule has 2 atom stereocenters. The number of H-pyrrole nitrogens is 1. The molecule has 2 N–H and O–H groups in total. The number of nitrogens with one attached hydrogen (secondary N) is 2. The van der Waals surface area contributed by atoms with Crippen LogP contribution in [-0.2, 0) is 4.74 Å². The van der Waals surface area contributed by atoms with Gasteiger partial charge in [-0.05, 0) is 25.0 Å². The predicted molar refractivity (Wildman–Crippen MR) is 75.7 cm³/mol. The van der Waals surface area contributed by atoms with Gasteiger partial charge in [-0.2, -0.15) is 10.4 Å². The van der Waals surface area contributed by atoms with E-state index in [1.165, 1.54) is 6.33 Å². The minimum atomic E-state index is -0.0350. The van der Waals surface area contributed by atoms with Crippen molar-refractivity contribution in [3.8, 4) is 6.07 Å². The summed E-state index contributed by atoms with van der Waals surface area (Å²) in [5, 5.41) is 19.1. The molecule has 3 rings (SSSR count). The van der Waals surface area contributed by atoms with Crippen molar-refractivity contribution in [2.75, 3.05) is 11.9 Å².